The van der Waals surface area contributed by atoms with Crippen molar-refractivity contribution >= 4 is 5.91 Å². The molecule has 1 fully saturated rings. The van der Waals surface area contributed by atoms with Crippen molar-refractivity contribution in [3.05, 3.63) is 29.8 Å². The highest BCUT2D eigenvalue weighted by Crippen LogP contribution is 2.24. The van der Waals surface area contributed by atoms with Crippen molar-refractivity contribution in [1.82, 2.24) is 4.90 Å². The van der Waals surface area contributed by atoms with Gasteiger partial charge in [0.15, 0.2) is 0 Å². The monoisotopic (exact) mass is 292 g/mol. The zero-order chi connectivity index (χ0) is 15.5. The molecule has 1 aromatic rings. The van der Waals surface area contributed by atoms with Gasteiger partial charge in [-0.3, -0.25) is 4.79 Å². The summed E-state index contributed by atoms with van der Waals surface area (Å²) in [6.07, 6.45) is 0.652. The van der Waals surface area contributed by atoms with Gasteiger partial charge in [-0.25, -0.2) is 0 Å². The maximum Gasteiger partial charge on any atom is 0.254 e. The summed E-state index contributed by atoms with van der Waals surface area (Å²) in [5.41, 5.74) is 6.00. The number of morpholine rings is 1. The van der Waals surface area contributed by atoms with E-state index in [4.69, 9.17) is 15.2 Å². The lowest BCUT2D eigenvalue weighted by atomic mass is 10.0. The van der Waals surface area contributed by atoms with Crippen molar-refractivity contribution in [3.8, 4) is 5.75 Å². The van der Waals surface area contributed by atoms with E-state index < -0.39 is 5.60 Å². The molecule has 1 aliphatic rings. The lowest BCUT2D eigenvalue weighted by Gasteiger charge is -2.41. The molecule has 1 amide bonds. The van der Waals surface area contributed by atoms with Gasteiger partial charge in [0.05, 0.1) is 13.2 Å². The fourth-order valence-electron chi connectivity index (χ4n) is 2.69. The molecule has 116 valence electrons. The molecule has 5 nitrogen and oxygen atoms in total. The highest BCUT2D eigenvalue weighted by molar-refractivity contribution is 5.85. The molecule has 1 aliphatic heterocycles. The number of amides is 1. The molecule has 0 bridgehead atoms. The summed E-state index contributed by atoms with van der Waals surface area (Å²) < 4.78 is 11.1. The fourth-order valence-corrected chi connectivity index (χ4v) is 2.69. The van der Waals surface area contributed by atoms with Crippen LogP contribution in [0.5, 0.6) is 5.75 Å². The number of carbonyl (C=O) groups is 1. The number of hydrogen-bond acceptors (Lipinski definition) is 4. The summed E-state index contributed by atoms with van der Waals surface area (Å²) in [5, 5.41) is 0. The van der Waals surface area contributed by atoms with Crippen molar-refractivity contribution in [1.29, 1.82) is 0 Å². The molecular formula is C16H24N2O3. The quantitative estimate of drug-likeness (QED) is 0.886. The molecule has 0 aliphatic carbocycles. The van der Waals surface area contributed by atoms with Crippen molar-refractivity contribution < 1.29 is 14.3 Å². The van der Waals surface area contributed by atoms with E-state index in [0.29, 0.717) is 19.6 Å². The van der Waals surface area contributed by atoms with Crippen LogP contribution in [-0.2, 0) is 16.0 Å². The van der Waals surface area contributed by atoms with Crippen LogP contribution in [-0.4, -0.2) is 49.3 Å². The number of benzene rings is 1. The molecule has 0 spiro atoms. The second-order valence-corrected chi connectivity index (χ2v) is 5.80. The van der Waals surface area contributed by atoms with Crippen LogP contribution in [0.3, 0.4) is 0 Å². The summed E-state index contributed by atoms with van der Waals surface area (Å²) in [7, 11) is 1.66. The van der Waals surface area contributed by atoms with E-state index >= 15 is 0 Å². The normalized spacial score (nSPS) is 21.4. The van der Waals surface area contributed by atoms with E-state index in [2.05, 4.69) is 0 Å². The molecule has 2 N–H and O–H groups in total. The van der Waals surface area contributed by atoms with Gasteiger partial charge in [-0.1, -0.05) is 18.2 Å². The van der Waals surface area contributed by atoms with E-state index in [1.807, 2.05) is 29.2 Å². The zero-order valence-corrected chi connectivity index (χ0v) is 13.0. The molecule has 2 rings (SSSR count). The Morgan fingerprint density at radius 1 is 1.43 bits per heavy atom. The van der Waals surface area contributed by atoms with Gasteiger partial charge in [-0.2, -0.15) is 0 Å². The first-order valence-corrected chi connectivity index (χ1v) is 7.27. The number of ether oxygens (including phenoxy) is 2. The number of nitrogens with two attached hydrogens (primary N) is 1. The highest BCUT2D eigenvalue weighted by atomic mass is 16.5. The first-order chi connectivity index (χ1) is 9.97. The Morgan fingerprint density at radius 3 is 2.81 bits per heavy atom. The van der Waals surface area contributed by atoms with Crippen LogP contribution >= 0.6 is 0 Å². The maximum absolute atomic E-state index is 12.4. The maximum atomic E-state index is 12.4. The Labute approximate surface area is 126 Å². The third-order valence-corrected chi connectivity index (χ3v) is 3.79. The van der Waals surface area contributed by atoms with Crippen molar-refractivity contribution in [2.75, 3.05) is 26.7 Å². The van der Waals surface area contributed by atoms with Crippen LogP contribution in [0.25, 0.3) is 0 Å². The Kier molecular flexibility index (Phi) is 4.85. The summed E-state index contributed by atoms with van der Waals surface area (Å²) in [6, 6.07) is 7.87. The molecule has 5 heteroatoms. The SMILES string of the molecule is COc1ccccc1CCN1CC(CN)OC(C)(C)C1=O. The van der Waals surface area contributed by atoms with Crippen LogP contribution in [0.15, 0.2) is 24.3 Å². The smallest absolute Gasteiger partial charge is 0.254 e. The molecule has 1 unspecified atom stereocenters. The van der Waals surface area contributed by atoms with Crippen LogP contribution < -0.4 is 10.5 Å². The van der Waals surface area contributed by atoms with Crippen molar-refractivity contribution in [2.45, 2.75) is 32.0 Å². The second-order valence-electron chi connectivity index (χ2n) is 5.80. The molecule has 0 aromatic heterocycles. The molecule has 1 heterocycles. The number of rotatable bonds is 5. The molecular weight excluding hydrogens is 268 g/mol. The van der Waals surface area contributed by atoms with E-state index in [1.165, 1.54) is 0 Å². The highest BCUT2D eigenvalue weighted by Gasteiger charge is 2.40. The molecule has 1 atom stereocenters. The van der Waals surface area contributed by atoms with E-state index in [-0.39, 0.29) is 12.0 Å². The molecule has 0 saturated carbocycles. The topological polar surface area (TPSA) is 64.8 Å². The van der Waals surface area contributed by atoms with Gasteiger partial charge in [0.1, 0.15) is 11.4 Å². The van der Waals surface area contributed by atoms with E-state index in [1.54, 1.807) is 21.0 Å². The van der Waals surface area contributed by atoms with Crippen LogP contribution in [0.4, 0.5) is 0 Å². The van der Waals surface area contributed by atoms with Crippen molar-refractivity contribution in [3.63, 3.8) is 0 Å². The minimum atomic E-state index is -0.803. The number of nitrogens with zero attached hydrogens (tertiary/aromatic N) is 1. The molecule has 21 heavy (non-hydrogen) atoms. The number of methoxy groups -OCH3 is 1. The lowest BCUT2D eigenvalue weighted by molar-refractivity contribution is -0.177. The van der Waals surface area contributed by atoms with Crippen LogP contribution in [0.2, 0.25) is 0 Å². The molecule has 0 radical (unpaired) electrons. The van der Waals surface area contributed by atoms with Crippen molar-refractivity contribution in [2.24, 2.45) is 5.73 Å². The number of para-hydroxylation sites is 1. The molecule has 1 saturated heterocycles. The average molecular weight is 292 g/mol. The van der Waals surface area contributed by atoms with Gasteiger partial charge in [0.2, 0.25) is 0 Å². The Balaban J connectivity index is 2.06. The number of carbonyl (C=O) groups excluding carboxylic acids is 1. The van der Waals surface area contributed by atoms with Gasteiger partial charge in [0.25, 0.3) is 5.91 Å². The zero-order valence-electron chi connectivity index (χ0n) is 13.0. The fraction of sp³-hybridized carbons (Fsp3) is 0.562. The Morgan fingerprint density at radius 2 is 2.14 bits per heavy atom. The van der Waals surface area contributed by atoms with Gasteiger partial charge >= 0.3 is 0 Å². The van der Waals surface area contributed by atoms with Gasteiger partial charge in [-0.15, -0.1) is 0 Å². The van der Waals surface area contributed by atoms with E-state index in [0.717, 1.165) is 17.7 Å². The minimum absolute atomic E-state index is 0.0158. The number of hydrogen-bond donors (Lipinski definition) is 1. The van der Waals surface area contributed by atoms with Gasteiger partial charge < -0.3 is 20.1 Å². The second kappa shape index (κ2) is 6.45. The van der Waals surface area contributed by atoms with Gasteiger partial charge in [-0.05, 0) is 31.9 Å². The first-order valence-electron chi connectivity index (χ1n) is 7.27. The van der Waals surface area contributed by atoms with Crippen LogP contribution in [0.1, 0.15) is 19.4 Å². The van der Waals surface area contributed by atoms with Crippen LogP contribution in [0, 0.1) is 0 Å². The minimum Gasteiger partial charge on any atom is -0.496 e. The molecule has 1 aromatic carbocycles. The van der Waals surface area contributed by atoms with E-state index in [9.17, 15) is 4.79 Å². The first kappa shape index (κ1) is 15.8. The summed E-state index contributed by atoms with van der Waals surface area (Å²) in [4.78, 5) is 14.3. The third kappa shape index (κ3) is 3.54. The summed E-state index contributed by atoms with van der Waals surface area (Å²) in [6.45, 7) is 5.21. The Bertz CT molecular complexity index is 502. The largest absolute Gasteiger partial charge is 0.496 e. The van der Waals surface area contributed by atoms with Gasteiger partial charge in [0, 0.05) is 19.6 Å². The average Bonchev–Trinajstić information content (AvgIpc) is 2.48. The summed E-state index contributed by atoms with van der Waals surface area (Å²) >= 11 is 0. The Hall–Kier alpha value is -1.59. The predicted octanol–water partition coefficient (Wildman–Crippen LogP) is 1.20. The standard InChI is InChI=1S/C16H24N2O3/c1-16(2)15(19)18(11-13(10-17)21-16)9-8-12-6-4-5-7-14(12)20-3/h4-7,13H,8-11,17H2,1-3H3. The predicted molar refractivity (Wildman–Crippen MR) is 81.3 cm³/mol. The lowest BCUT2D eigenvalue weighted by Crippen LogP contribution is -2.59. The summed E-state index contributed by atoms with van der Waals surface area (Å²) in [5.74, 6) is 0.870. The third-order valence-electron chi connectivity index (χ3n) is 3.79.